The molecule has 0 saturated carbocycles. The van der Waals surface area contributed by atoms with Crippen LogP contribution in [0.2, 0.25) is 0 Å². The average Bonchev–Trinajstić information content (AvgIpc) is 3.23. The van der Waals surface area contributed by atoms with Crippen LogP contribution in [0, 0.1) is 0 Å². The van der Waals surface area contributed by atoms with Crippen LogP contribution in [0.15, 0.2) is 24.8 Å². The summed E-state index contributed by atoms with van der Waals surface area (Å²) in [6.07, 6.45) is 10.3. The Morgan fingerprint density at radius 3 is 1.46 bits per heavy atom. The minimum Gasteiger partial charge on any atom is -0.820 e. The number of H-pyrrole nitrogens is 2. The topological polar surface area (TPSA) is 94.7 Å². The molecule has 0 saturated heterocycles. The highest BCUT2D eigenvalue weighted by molar-refractivity contribution is 7.36. The molecule has 2 aromatic heterocycles. The number of aromatic amines is 2. The highest BCUT2D eigenvalue weighted by Gasteiger charge is 2.03. The summed E-state index contributed by atoms with van der Waals surface area (Å²) in [5.74, 6) is 2.61. The van der Waals surface area contributed by atoms with Crippen LogP contribution >= 0.6 is 8.60 Å². The second kappa shape index (κ2) is 14.1. The molecule has 2 N–H and O–H groups in total. The van der Waals surface area contributed by atoms with Gasteiger partial charge in [-0.15, -0.1) is 0 Å². The lowest BCUT2D eigenvalue weighted by atomic mass is 10.4. The van der Waals surface area contributed by atoms with Gasteiger partial charge in [0, 0.05) is 19.4 Å². The summed E-state index contributed by atoms with van der Waals surface area (Å²) in [7, 11) is -2.60. The van der Waals surface area contributed by atoms with E-state index in [4.69, 9.17) is 0 Å². The molecule has 0 aliphatic rings. The summed E-state index contributed by atoms with van der Waals surface area (Å²) < 4.78 is 8.41. The number of nitrogens with one attached hydrogen (secondary N) is 2. The first-order valence-corrected chi connectivity index (χ1v) is 9.51. The van der Waals surface area contributed by atoms with Crippen molar-refractivity contribution in [2.45, 2.75) is 60.5 Å². The molecule has 0 radical (unpaired) electrons. The second-order valence-corrected chi connectivity index (χ2v) is 5.44. The van der Waals surface area contributed by atoms with Gasteiger partial charge in [-0.2, -0.15) is 8.60 Å². The van der Waals surface area contributed by atoms with Gasteiger partial charge in [0.15, 0.2) is 0 Å². The molecule has 0 bridgehead atoms. The van der Waals surface area contributed by atoms with Crippen LogP contribution in [0.1, 0.15) is 46.3 Å². The van der Waals surface area contributed by atoms with Crippen molar-refractivity contribution in [1.82, 2.24) is 9.97 Å². The summed E-state index contributed by atoms with van der Waals surface area (Å²) in [6, 6.07) is 0. The summed E-state index contributed by atoms with van der Waals surface area (Å²) in [5.41, 5.74) is 0. The number of aryl methyl sites for hydroxylation is 4. The van der Waals surface area contributed by atoms with Crippen LogP contribution in [0.25, 0.3) is 0 Å². The first-order chi connectivity index (χ1) is 11.5. The molecule has 2 aromatic rings. The largest absolute Gasteiger partial charge is 0.820 e. The molecule has 8 heteroatoms. The van der Waals surface area contributed by atoms with Crippen molar-refractivity contribution in [3.8, 4) is 0 Å². The molecular formula is C16H31N4O3P. The van der Waals surface area contributed by atoms with E-state index in [1.54, 1.807) is 6.92 Å². The molecular weight excluding hydrogens is 327 g/mol. The summed E-state index contributed by atoms with van der Waals surface area (Å²) in [5, 5.41) is 0. The van der Waals surface area contributed by atoms with E-state index in [0.717, 1.165) is 25.9 Å². The molecule has 138 valence electrons. The molecule has 0 unspecified atom stereocenters. The van der Waals surface area contributed by atoms with Crippen LogP contribution < -0.4 is 18.9 Å². The third-order valence-corrected chi connectivity index (χ3v) is 3.76. The fourth-order valence-electron chi connectivity index (χ4n) is 2.10. The zero-order valence-corrected chi connectivity index (χ0v) is 16.3. The number of hydrogen-bond acceptors (Lipinski definition) is 3. The van der Waals surface area contributed by atoms with Crippen molar-refractivity contribution in [2.24, 2.45) is 0 Å². The minimum atomic E-state index is -2.60. The van der Waals surface area contributed by atoms with Crippen LogP contribution in [-0.4, -0.2) is 16.6 Å². The van der Waals surface area contributed by atoms with Crippen LogP contribution in [0.5, 0.6) is 0 Å². The normalized spacial score (nSPS) is 10.0. The number of aromatic nitrogens is 4. The highest BCUT2D eigenvalue weighted by atomic mass is 31.2. The van der Waals surface area contributed by atoms with E-state index >= 15 is 0 Å². The first-order valence-electron chi connectivity index (χ1n) is 8.42. The molecule has 0 amide bonds. The smallest absolute Gasteiger partial charge is 0.253 e. The maximum atomic E-state index is 9.41. The lowest BCUT2D eigenvalue weighted by molar-refractivity contribution is -0.699. The Morgan fingerprint density at radius 1 is 0.875 bits per heavy atom. The van der Waals surface area contributed by atoms with E-state index < -0.39 is 8.60 Å². The van der Waals surface area contributed by atoms with Crippen molar-refractivity contribution in [3.63, 3.8) is 0 Å². The molecule has 0 aliphatic heterocycles. The Kier molecular flexibility index (Phi) is 13.4. The maximum Gasteiger partial charge on any atom is 0.253 e. The second-order valence-electron chi connectivity index (χ2n) is 4.73. The summed E-state index contributed by atoms with van der Waals surface area (Å²) >= 11 is 0. The van der Waals surface area contributed by atoms with Crippen molar-refractivity contribution in [2.75, 3.05) is 6.61 Å². The average molecular weight is 358 g/mol. The SMILES string of the molecule is CCOP([O-])[O-].CCc1[nH]cc[n+]1CC.CCc1[nH]cc[n+]1CC. The Bertz CT molecular complexity index is 450. The molecule has 2 rings (SSSR count). The third-order valence-electron chi connectivity index (χ3n) is 3.29. The quantitative estimate of drug-likeness (QED) is 0.589. The minimum absolute atomic E-state index is 0.235. The van der Waals surface area contributed by atoms with Gasteiger partial charge in [-0.1, -0.05) is 13.8 Å². The van der Waals surface area contributed by atoms with Gasteiger partial charge in [-0.25, -0.2) is 19.1 Å². The molecule has 24 heavy (non-hydrogen) atoms. The molecule has 2 heterocycles. The maximum absolute atomic E-state index is 9.41. The molecule has 0 atom stereocenters. The molecule has 0 aromatic carbocycles. The van der Waals surface area contributed by atoms with Gasteiger partial charge in [0.1, 0.15) is 24.8 Å². The number of nitrogens with zero attached hydrogens (tertiary/aromatic N) is 2. The van der Waals surface area contributed by atoms with Crippen molar-refractivity contribution < 1.29 is 23.4 Å². The molecule has 0 aliphatic carbocycles. The van der Waals surface area contributed by atoms with E-state index in [0.29, 0.717) is 0 Å². The van der Waals surface area contributed by atoms with E-state index in [9.17, 15) is 9.79 Å². The standard InChI is InChI=1S/2C7H12N2.C2H5O3P/c2*1-3-7-8-5-6-9(7)4-2;1-2-5-6(3)4/h2*5-6H,3-4H2,1-2H3;2H2,1H3/q;;-2/p+2. The number of hydrogen-bond donors (Lipinski definition) is 2. The molecule has 0 spiro atoms. The Labute approximate surface area is 146 Å². The Morgan fingerprint density at radius 2 is 1.29 bits per heavy atom. The first kappa shape index (κ1) is 22.7. The summed E-state index contributed by atoms with van der Waals surface area (Å²) in [4.78, 5) is 25.2. The molecule has 0 fully saturated rings. The molecule has 7 nitrogen and oxygen atoms in total. The van der Waals surface area contributed by atoms with E-state index in [-0.39, 0.29) is 6.61 Å². The third kappa shape index (κ3) is 9.13. The highest BCUT2D eigenvalue weighted by Crippen LogP contribution is 2.10. The van der Waals surface area contributed by atoms with Crippen molar-refractivity contribution in [1.29, 1.82) is 0 Å². The van der Waals surface area contributed by atoms with Crippen LogP contribution in [0.4, 0.5) is 0 Å². The monoisotopic (exact) mass is 358 g/mol. The predicted molar refractivity (Wildman–Crippen MR) is 90.6 cm³/mol. The van der Waals surface area contributed by atoms with Gasteiger partial charge in [-0.05, 0) is 20.8 Å². The lowest BCUT2D eigenvalue weighted by Gasteiger charge is -2.27. The number of rotatable bonds is 6. The van der Waals surface area contributed by atoms with Gasteiger partial charge in [-0.3, -0.25) is 0 Å². The van der Waals surface area contributed by atoms with E-state index in [2.05, 4.69) is 63.7 Å². The van der Waals surface area contributed by atoms with Gasteiger partial charge in [0.05, 0.1) is 13.1 Å². The van der Waals surface area contributed by atoms with Crippen molar-refractivity contribution >= 4 is 8.60 Å². The van der Waals surface area contributed by atoms with Gasteiger partial charge in [0.25, 0.3) is 11.6 Å². The van der Waals surface area contributed by atoms with Crippen LogP contribution in [0.3, 0.4) is 0 Å². The zero-order chi connectivity index (χ0) is 18.4. The Hall–Kier alpha value is -1.27. The lowest BCUT2D eigenvalue weighted by Crippen LogP contribution is -2.34. The zero-order valence-electron chi connectivity index (χ0n) is 15.4. The summed E-state index contributed by atoms with van der Waals surface area (Å²) in [6.45, 7) is 12.6. The van der Waals surface area contributed by atoms with E-state index in [1.807, 2.05) is 12.4 Å². The Balaban J connectivity index is 0.000000340. The van der Waals surface area contributed by atoms with E-state index in [1.165, 1.54) is 11.6 Å². The fourth-order valence-corrected chi connectivity index (χ4v) is 2.31. The number of imidazole rings is 2. The van der Waals surface area contributed by atoms with Gasteiger partial charge < -0.3 is 14.3 Å². The predicted octanol–water partition coefficient (Wildman–Crippen LogP) is 0.739. The van der Waals surface area contributed by atoms with Crippen molar-refractivity contribution in [3.05, 3.63) is 36.4 Å². The van der Waals surface area contributed by atoms with Crippen LogP contribution in [-0.2, 0) is 30.5 Å². The fraction of sp³-hybridized carbons (Fsp3) is 0.625. The van der Waals surface area contributed by atoms with Gasteiger partial charge >= 0.3 is 0 Å². The van der Waals surface area contributed by atoms with Gasteiger partial charge in [0.2, 0.25) is 0 Å².